The summed E-state index contributed by atoms with van der Waals surface area (Å²) < 4.78 is 17.1. The summed E-state index contributed by atoms with van der Waals surface area (Å²) in [6.07, 6.45) is 2.34. The van der Waals surface area contributed by atoms with Crippen LogP contribution in [0.15, 0.2) is 12.2 Å². The minimum Gasteiger partial charge on any atom is -0.377 e. The van der Waals surface area contributed by atoms with Gasteiger partial charge in [0.2, 0.25) is 0 Å². The molecule has 20 heavy (non-hydrogen) atoms. The second kappa shape index (κ2) is 5.62. The van der Waals surface area contributed by atoms with Crippen LogP contribution in [0, 0.1) is 11.5 Å². The molecule has 0 bridgehead atoms. The van der Waals surface area contributed by atoms with E-state index in [-0.39, 0.29) is 18.3 Å². The van der Waals surface area contributed by atoms with E-state index < -0.39 is 20.0 Å². The fourth-order valence-electron chi connectivity index (χ4n) is 2.13. The number of aliphatic hydroxyl groups is 1. The first-order chi connectivity index (χ1) is 9.16. The zero-order valence-corrected chi connectivity index (χ0v) is 13.8. The highest BCUT2D eigenvalue weighted by atomic mass is 28.3. The molecule has 0 unspecified atom stereocenters. The van der Waals surface area contributed by atoms with Crippen LogP contribution < -0.4 is 0 Å². The third-order valence-corrected chi connectivity index (χ3v) is 4.00. The van der Waals surface area contributed by atoms with Crippen molar-refractivity contribution in [3.8, 4) is 11.5 Å². The second-order valence-corrected chi connectivity index (χ2v) is 11.5. The number of aliphatic hydroxyl groups excluding tert-OH is 1. The van der Waals surface area contributed by atoms with Crippen LogP contribution in [0.1, 0.15) is 13.8 Å². The Hall–Kier alpha value is -0.643. The van der Waals surface area contributed by atoms with E-state index in [1.807, 2.05) is 26.0 Å². The van der Waals surface area contributed by atoms with Crippen LogP contribution in [0.3, 0.4) is 0 Å². The Kier molecular flexibility index (Phi) is 4.43. The predicted octanol–water partition coefficient (Wildman–Crippen LogP) is 1.70. The molecular formula is C15H24O4Si. The Balaban J connectivity index is 1.90. The van der Waals surface area contributed by atoms with E-state index in [1.54, 1.807) is 0 Å². The maximum Gasteiger partial charge on any atom is 0.163 e. The molecule has 2 aliphatic rings. The topological polar surface area (TPSA) is 47.9 Å². The van der Waals surface area contributed by atoms with Gasteiger partial charge in [-0.15, -0.1) is 5.54 Å². The predicted molar refractivity (Wildman–Crippen MR) is 79.8 cm³/mol. The molecule has 1 N–H and O–H groups in total. The van der Waals surface area contributed by atoms with Gasteiger partial charge in [-0.3, -0.25) is 0 Å². The van der Waals surface area contributed by atoms with E-state index in [2.05, 4.69) is 31.1 Å². The molecular weight excluding hydrogens is 272 g/mol. The van der Waals surface area contributed by atoms with Crippen molar-refractivity contribution >= 4 is 8.07 Å². The van der Waals surface area contributed by atoms with Gasteiger partial charge in [0.05, 0.1) is 6.61 Å². The summed E-state index contributed by atoms with van der Waals surface area (Å²) in [5.74, 6) is 2.35. The van der Waals surface area contributed by atoms with Gasteiger partial charge in [0.15, 0.2) is 5.79 Å². The molecule has 0 amide bonds. The van der Waals surface area contributed by atoms with E-state index >= 15 is 0 Å². The Morgan fingerprint density at radius 1 is 1.30 bits per heavy atom. The molecule has 2 rings (SSSR count). The monoisotopic (exact) mass is 296 g/mol. The molecule has 0 aromatic carbocycles. The van der Waals surface area contributed by atoms with Crippen LogP contribution in [0.2, 0.25) is 19.6 Å². The number of rotatable bonds is 2. The fourth-order valence-corrected chi connectivity index (χ4v) is 2.71. The molecule has 2 heterocycles. The summed E-state index contributed by atoms with van der Waals surface area (Å²) >= 11 is 0. The third-order valence-electron chi connectivity index (χ3n) is 3.11. The molecule has 0 saturated carbocycles. The lowest BCUT2D eigenvalue weighted by Gasteiger charge is -2.22. The van der Waals surface area contributed by atoms with Crippen LogP contribution in [0.5, 0.6) is 0 Å². The second-order valence-electron chi connectivity index (χ2n) is 6.78. The quantitative estimate of drug-likeness (QED) is 0.479. The Morgan fingerprint density at radius 2 is 2.00 bits per heavy atom. The minimum absolute atomic E-state index is 0.122. The molecule has 0 radical (unpaired) electrons. The van der Waals surface area contributed by atoms with Gasteiger partial charge in [0.25, 0.3) is 0 Å². The Labute approximate surface area is 122 Å². The van der Waals surface area contributed by atoms with Crippen LogP contribution in [0.4, 0.5) is 0 Å². The maximum atomic E-state index is 10.1. The molecule has 4 atom stereocenters. The summed E-state index contributed by atoms with van der Waals surface area (Å²) in [6.45, 7) is 10.7. The van der Waals surface area contributed by atoms with Gasteiger partial charge in [-0.05, 0) is 13.8 Å². The van der Waals surface area contributed by atoms with Crippen LogP contribution in [-0.4, -0.2) is 50.0 Å². The molecule has 112 valence electrons. The lowest BCUT2D eigenvalue weighted by molar-refractivity contribution is -0.154. The molecule has 1 fully saturated rings. The maximum absolute atomic E-state index is 10.1. The Bertz CT molecular complexity index is 441. The van der Waals surface area contributed by atoms with Crippen molar-refractivity contribution in [1.29, 1.82) is 0 Å². The van der Waals surface area contributed by atoms with Crippen LogP contribution >= 0.6 is 0 Å². The summed E-state index contributed by atoms with van der Waals surface area (Å²) in [5.41, 5.74) is 3.17. The average molecular weight is 296 g/mol. The summed E-state index contributed by atoms with van der Waals surface area (Å²) in [4.78, 5) is 0. The molecule has 5 heteroatoms. The largest absolute Gasteiger partial charge is 0.377 e. The first kappa shape index (κ1) is 15.7. The van der Waals surface area contributed by atoms with Gasteiger partial charge in [-0.25, -0.2) is 0 Å². The van der Waals surface area contributed by atoms with E-state index in [9.17, 15) is 5.11 Å². The normalized spacial score (nSPS) is 33.8. The average Bonchev–Trinajstić information content (AvgIpc) is 2.91. The van der Waals surface area contributed by atoms with Gasteiger partial charge in [-0.1, -0.05) is 37.7 Å². The SMILES string of the molecule is CC1(C)OC[C@H]([C@@H]2C=C[C@H]([C@@H](O)C#C[Si](C)(C)C)O2)O1. The number of hydrogen-bond donors (Lipinski definition) is 1. The van der Waals surface area contributed by atoms with E-state index in [4.69, 9.17) is 14.2 Å². The van der Waals surface area contributed by atoms with E-state index in [0.29, 0.717) is 6.61 Å². The van der Waals surface area contributed by atoms with Gasteiger partial charge in [0, 0.05) is 0 Å². The van der Waals surface area contributed by atoms with Gasteiger partial charge < -0.3 is 19.3 Å². The van der Waals surface area contributed by atoms with Crippen molar-refractivity contribution in [2.24, 2.45) is 0 Å². The number of hydrogen-bond acceptors (Lipinski definition) is 4. The molecule has 0 aromatic rings. The van der Waals surface area contributed by atoms with Crippen molar-refractivity contribution in [1.82, 2.24) is 0 Å². The van der Waals surface area contributed by atoms with Gasteiger partial charge in [-0.2, -0.15) is 0 Å². The standard InChI is InChI=1S/C15H24O4Si/c1-15(2)17-10-14(19-15)13-7-6-12(18-13)11(16)8-9-20(3,4)5/h6-7,11-14,16H,10H2,1-5H3/t11-,12+,13-,14+/m0/s1. The van der Waals surface area contributed by atoms with Crippen LogP contribution in [-0.2, 0) is 14.2 Å². The summed E-state index contributed by atoms with van der Waals surface area (Å²) in [6, 6.07) is 0. The van der Waals surface area contributed by atoms with Crippen molar-refractivity contribution in [2.45, 2.75) is 63.7 Å². The highest BCUT2D eigenvalue weighted by Gasteiger charge is 2.40. The molecule has 0 spiro atoms. The molecule has 0 aliphatic carbocycles. The first-order valence-corrected chi connectivity index (χ1v) is 10.5. The van der Waals surface area contributed by atoms with Crippen molar-refractivity contribution in [3.63, 3.8) is 0 Å². The molecule has 2 aliphatic heterocycles. The van der Waals surface area contributed by atoms with Gasteiger partial charge >= 0.3 is 0 Å². The highest BCUT2D eigenvalue weighted by molar-refractivity contribution is 6.83. The van der Waals surface area contributed by atoms with E-state index in [0.717, 1.165) is 0 Å². The zero-order valence-electron chi connectivity index (χ0n) is 12.8. The van der Waals surface area contributed by atoms with Crippen LogP contribution in [0.25, 0.3) is 0 Å². The molecule has 1 saturated heterocycles. The van der Waals surface area contributed by atoms with Crippen molar-refractivity contribution in [2.75, 3.05) is 6.61 Å². The molecule has 4 nitrogen and oxygen atoms in total. The first-order valence-electron chi connectivity index (χ1n) is 7.03. The lowest BCUT2D eigenvalue weighted by atomic mass is 10.2. The van der Waals surface area contributed by atoms with E-state index in [1.165, 1.54) is 0 Å². The van der Waals surface area contributed by atoms with Crippen molar-refractivity contribution in [3.05, 3.63) is 12.2 Å². The minimum atomic E-state index is -1.48. The summed E-state index contributed by atoms with van der Waals surface area (Å²) in [5, 5.41) is 10.1. The lowest BCUT2D eigenvalue weighted by Crippen LogP contribution is -2.34. The number of ether oxygens (including phenoxy) is 3. The smallest absolute Gasteiger partial charge is 0.163 e. The molecule has 0 aromatic heterocycles. The zero-order chi connectivity index (χ0) is 15.0. The summed E-state index contributed by atoms with van der Waals surface area (Å²) in [7, 11) is -1.48. The van der Waals surface area contributed by atoms with Crippen molar-refractivity contribution < 1.29 is 19.3 Å². The fraction of sp³-hybridized carbons (Fsp3) is 0.733. The third kappa shape index (κ3) is 4.17. The Morgan fingerprint density at radius 3 is 2.55 bits per heavy atom. The van der Waals surface area contributed by atoms with Gasteiger partial charge in [0.1, 0.15) is 32.5 Å². The highest BCUT2D eigenvalue weighted by Crippen LogP contribution is 2.29.